The van der Waals surface area contributed by atoms with Gasteiger partial charge in [-0.2, -0.15) is 0 Å². The minimum atomic E-state index is -0.906. The maximum atomic E-state index is 10.5. The summed E-state index contributed by atoms with van der Waals surface area (Å²) >= 11 is 5.99. The summed E-state index contributed by atoms with van der Waals surface area (Å²) in [4.78, 5) is 10.5. The highest BCUT2D eigenvalue weighted by molar-refractivity contribution is 6.30. The molecule has 1 aromatic rings. The van der Waals surface area contributed by atoms with Gasteiger partial charge in [-0.3, -0.25) is 4.79 Å². The Bertz CT molecular complexity index is 446. The van der Waals surface area contributed by atoms with Crippen molar-refractivity contribution < 1.29 is 15.0 Å². The van der Waals surface area contributed by atoms with Crippen LogP contribution in [-0.4, -0.2) is 16.2 Å². The smallest absolute Gasteiger partial charge is 0.303 e. The molecule has 0 aliphatic carbocycles. The first-order valence-corrected chi connectivity index (χ1v) is 6.20. The SMILES string of the molecule is CC(C)c1cc(Cl)cc(C(N)CCC(=O)O)c1O. The number of carbonyl (C=O) groups is 1. The third kappa shape index (κ3) is 3.62. The van der Waals surface area contributed by atoms with Crippen LogP contribution in [0.2, 0.25) is 5.02 Å². The Labute approximate surface area is 111 Å². The van der Waals surface area contributed by atoms with Gasteiger partial charge in [0.1, 0.15) is 5.75 Å². The standard InChI is InChI=1S/C13H18ClNO3/c1-7(2)9-5-8(14)6-10(13(9)18)11(15)3-4-12(16)17/h5-7,11,18H,3-4,15H2,1-2H3,(H,16,17). The van der Waals surface area contributed by atoms with Crippen LogP contribution in [0.4, 0.5) is 0 Å². The lowest BCUT2D eigenvalue weighted by molar-refractivity contribution is -0.137. The first-order chi connectivity index (χ1) is 8.32. The van der Waals surface area contributed by atoms with Gasteiger partial charge in [-0.1, -0.05) is 25.4 Å². The van der Waals surface area contributed by atoms with Crippen molar-refractivity contribution in [2.75, 3.05) is 0 Å². The van der Waals surface area contributed by atoms with Crippen LogP contribution in [0.25, 0.3) is 0 Å². The van der Waals surface area contributed by atoms with Gasteiger partial charge in [-0.05, 0) is 30.0 Å². The van der Waals surface area contributed by atoms with E-state index >= 15 is 0 Å². The normalized spacial score (nSPS) is 12.7. The van der Waals surface area contributed by atoms with E-state index in [4.69, 9.17) is 22.4 Å². The van der Waals surface area contributed by atoms with Gasteiger partial charge in [0.2, 0.25) is 0 Å². The van der Waals surface area contributed by atoms with E-state index in [1.807, 2.05) is 13.8 Å². The number of benzene rings is 1. The Morgan fingerprint density at radius 2 is 1.94 bits per heavy atom. The monoisotopic (exact) mass is 271 g/mol. The molecule has 0 saturated heterocycles. The van der Waals surface area contributed by atoms with Gasteiger partial charge >= 0.3 is 5.97 Å². The number of carboxylic acids is 1. The second-order valence-electron chi connectivity index (χ2n) is 4.63. The fraction of sp³-hybridized carbons (Fsp3) is 0.462. The lowest BCUT2D eigenvalue weighted by atomic mass is 9.94. The average molecular weight is 272 g/mol. The van der Waals surface area contributed by atoms with E-state index in [1.165, 1.54) is 0 Å². The zero-order chi connectivity index (χ0) is 13.9. The fourth-order valence-corrected chi connectivity index (χ4v) is 2.03. The van der Waals surface area contributed by atoms with E-state index < -0.39 is 12.0 Å². The zero-order valence-electron chi connectivity index (χ0n) is 10.5. The maximum absolute atomic E-state index is 10.5. The summed E-state index contributed by atoms with van der Waals surface area (Å²) in [5.74, 6) is -0.669. The molecule has 0 aromatic heterocycles. The van der Waals surface area contributed by atoms with Crippen molar-refractivity contribution in [3.63, 3.8) is 0 Å². The Hall–Kier alpha value is -1.26. The van der Waals surface area contributed by atoms with Crippen molar-refractivity contribution in [1.29, 1.82) is 0 Å². The van der Waals surface area contributed by atoms with Crippen molar-refractivity contribution in [3.05, 3.63) is 28.3 Å². The maximum Gasteiger partial charge on any atom is 0.303 e. The Balaban J connectivity index is 3.04. The molecule has 4 nitrogen and oxygen atoms in total. The highest BCUT2D eigenvalue weighted by Gasteiger charge is 2.18. The number of aliphatic carboxylic acids is 1. The molecule has 0 saturated carbocycles. The second-order valence-corrected chi connectivity index (χ2v) is 5.06. The first kappa shape index (κ1) is 14.8. The molecule has 1 atom stereocenters. The molecule has 0 bridgehead atoms. The van der Waals surface area contributed by atoms with E-state index in [0.717, 1.165) is 5.56 Å². The van der Waals surface area contributed by atoms with Crippen LogP contribution in [0.1, 0.15) is 49.8 Å². The molecule has 100 valence electrons. The van der Waals surface area contributed by atoms with Crippen LogP contribution in [0.3, 0.4) is 0 Å². The second kappa shape index (κ2) is 6.07. The topological polar surface area (TPSA) is 83.6 Å². The number of halogens is 1. The quantitative estimate of drug-likeness (QED) is 0.769. The third-order valence-electron chi connectivity index (χ3n) is 2.82. The van der Waals surface area contributed by atoms with E-state index in [9.17, 15) is 9.90 Å². The number of phenols is 1. The number of phenolic OH excluding ortho intramolecular Hbond substituents is 1. The van der Waals surface area contributed by atoms with Crippen molar-refractivity contribution in [3.8, 4) is 5.75 Å². The minimum Gasteiger partial charge on any atom is -0.507 e. The van der Waals surface area contributed by atoms with Gasteiger partial charge in [0, 0.05) is 23.0 Å². The highest BCUT2D eigenvalue weighted by atomic mass is 35.5. The number of hydrogen-bond donors (Lipinski definition) is 3. The molecule has 0 aliphatic rings. The summed E-state index contributed by atoms with van der Waals surface area (Å²) < 4.78 is 0. The molecule has 0 radical (unpaired) electrons. The molecule has 1 unspecified atom stereocenters. The van der Waals surface area contributed by atoms with Gasteiger partial charge in [0.25, 0.3) is 0 Å². The largest absolute Gasteiger partial charge is 0.507 e. The molecule has 0 fully saturated rings. The van der Waals surface area contributed by atoms with Crippen LogP contribution in [0.5, 0.6) is 5.75 Å². The molecule has 0 amide bonds. The summed E-state index contributed by atoms with van der Waals surface area (Å²) in [6, 6.07) is 2.77. The van der Waals surface area contributed by atoms with Gasteiger partial charge in [-0.25, -0.2) is 0 Å². The number of rotatable bonds is 5. The summed E-state index contributed by atoms with van der Waals surface area (Å²) in [7, 11) is 0. The molecular weight excluding hydrogens is 254 g/mol. The van der Waals surface area contributed by atoms with Crippen molar-refractivity contribution in [2.24, 2.45) is 5.73 Å². The predicted octanol–water partition coefficient (Wildman–Crippen LogP) is 3.03. The molecule has 4 N–H and O–H groups in total. The number of nitrogens with two attached hydrogens (primary N) is 1. The molecule has 1 aromatic carbocycles. The lowest BCUT2D eigenvalue weighted by Gasteiger charge is -2.17. The van der Waals surface area contributed by atoms with E-state index in [-0.39, 0.29) is 24.5 Å². The van der Waals surface area contributed by atoms with Gasteiger partial charge in [0.05, 0.1) is 0 Å². The Kier molecular flexibility index (Phi) is 4.99. The third-order valence-corrected chi connectivity index (χ3v) is 3.04. The summed E-state index contributed by atoms with van der Waals surface area (Å²) in [6.07, 6.45) is 0.227. The Morgan fingerprint density at radius 3 is 2.44 bits per heavy atom. The predicted molar refractivity (Wildman–Crippen MR) is 71.0 cm³/mol. The van der Waals surface area contributed by atoms with Gasteiger partial charge < -0.3 is 15.9 Å². The van der Waals surface area contributed by atoms with Crippen LogP contribution in [0, 0.1) is 0 Å². The molecule has 0 spiro atoms. The van der Waals surface area contributed by atoms with E-state index in [2.05, 4.69) is 0 Å². The van der Waals surface area contributed by atoms with Crippen LogP contribution < -0.4 is 5.73 Å². The summed E-state index contributed by atoms with van der Waals surface area (Å²) in [5, 5.41) is 19.3. The molecule has 18 heavy (non-hydrogen) atoms. The average Bonchev–Trinajstić information content (AvgIpc) is 2.28. The molecule has 0 aliphatic heterocycles. The Morgan fingerprint density at radius 1 is 1.39 bits per heavy atom. The van der Waals surface area contributed by atoms with E-state index in [0.29, 0.717) is 10.6 Å². The lowest BCUT2D eigenvalue weighted by Crippen LogP contribution is -2.13. The molecule has 5 heteroatoms. The molecule has 0 heterocycles. The van der Waals surface area contributed by atoms with Crippen molar-refractivity contribution in [2.45, 2.75) is 38.6 Å². The van der Waals surface area contributed by atoms with Crippen LogP contribution >= 0.6 is 11.6 Å². The number of carboxylic acid groups (broad SMARTS) is 1. The number of hydrogen-bond acceptors (Lipinski definition) is 3. The number of aromatic hydroxyl groups is 1. The van der Waals surface area contributed by atoms with Crippen molar-refractivity contribution in [1.82, 2.24) is 0 Å². The summed E-state index contributed by atoms with van der Waals surface area (Å²) in [5.41, 5.74) is 7.13. The fourth-order valence-electron chi connectivity index (χ4n) is 1.80. The van der Waals surface area contributed by atoms with Crippen LogP contribution in [-0.2, 0) is 4.79 Å². The van der Waals surface area contributed by atoms with E-state index in [1.54, 1.807) is 12.1 Å². The first-order valence-electron chi connectivity index (χ1n) is 5.82. The van der Waals surface area contributed by atoms with Gasteiger partial charge in [-0.15, -0.1) is 0 Å². The molecule has 1 rings (SSSR count). The van der Waals surface area contributed by atoms with Crippen molar-refractivity contribution >= 4 is 17.6 Å². The van der Waals surface area contributed by atoms with Crippen LogP contribution in [0.15, 0.2) is 12.1 Å². The summed E-state index contributed by atoms with van der Waals surface area (Å²) in [6.45, 7) is 3.88. The highest BCUT2D eigenvalue weighted by Crippen LogP contribution is 2.36. The zero-order valence-corrected chi connectivity index (χ0v) is 11.2. The minimum absolute atomic E-state index is 0.0376. The molecular formula is C13H18ClNO3. The van der Waals surface area contributed by atoms with Gasteiger partial charge in [0.15, 0.2) is 0 Å².